The molecule has 0 bridgehead atoms. The van der Waals surface area contributed by atoms with Crippen molar-refractivity contribution >= 4 is 45.6 Å². The van der Waals surface area contributed by atoms with Crippen molar-refractivity contribution in [2.45, 2.75) is 23.4 Å². The molecule has 0 saturated carbocycles. The first-order chi connectivity index (χ1) is 13.7. The van der Waals surface area contributed by atoms with Crippen molar-refractivity contribution in [1.29, 1.82) is 0 Å². The van der Waals surface area contributed by atoms with Gasteiger partial charge in [0.1, 0.15) is 0 Å². The van der Waals surface area contributed by atoms with Crippen LogP contribution in [0.3, 0.4) is 0 Å². The van der Waals surface area contributed by atoms with E-state index in [1.54, 1.807) is 23.5 Å². The fourth-order valence-electron chi connectivity index (χ4n) is 3.05. The topological polar surface area (TPSA) is 76.1 Å². The Hall–Kier alpha value is -2.00. The molecule has 0 radical (unpaired) electrons. The van der Waals surface area contributed by atoms with E-state index in [0.29, 0.717) is 13.1 Å². The minimum atomic E-state index is 0.147. The SMILES string of the molecule is CSc1nc2ccccc2n1CCO.CSc1nc2ccccc2n1CCO. The fourth-order valence-corrected chi connectivity index (χ4v) is 4.25. The van der Waals surface area contributed by atoms with Gasteiger partial charge >= 0.3 is 0 Å². The Kier molecular flexibility index (Phi) is 7.38. The zero-order valence-electron chi connectivity index (χ0n) is 15.9. The lowest BCUT2D eigenvalue weighted by atomic mass is 10.3. The predicted molar refractivity (Wildman–Crippen MR) is 117 cm³/mol. The lowest BCUT2D eigenvalue weighted by Gasteiger charge is -2.03. The van der Waals surface area contributed by atoms with Gasteiger partial charge in [0.05, 0.1) is 35.3 Å². The van der Waals surface area contributed by atoms with Crippen molar-refractivity contribution in [3.63, 3.8) is 0 Å². The standard InChI is InChI=1S/2C10H12N2OS/c2*1-14-10-11-8-4-2-3-5-9(8)12(10)6-7-13/h2*2-5,13H,6-7H2,1H3. The average molecular weight is 417 g/mol. The van der Waals surface area contributed by atoms with Crippen LogP contribution in [-0.4, -0.2) is 55.0 Å². The van der Waals surface area contributed by atoms with Crippen molar-refractivity contribution in [2.24, 2.45) is 0 Å². The Bertz CT molecular complexity index is 961. The van der Waals surface area contributed by atoms with Gasteiger partial charge in [-0.1, -0.05) is 47.8 Å². The minimum Gasteiger partial charge on any atom is -0.395 e. The lowest BCUT2D eigenvalue weighted by molar-refractivity contribution is 0.273. The lowest BCUT2D eigenvalue weighted by Crippen LogP contribution is -2.02. The van der Waals surface area contributed by atoms with Crippen LogP contribution < -0.4 is 0 Å². The Morgan fingerprint density at radius 2 is 1.11 bits per heavy atom. The quantitative estimate of drug-likeness (QED) is 0.469. The number of aromatic nitrogens is 4. The minimum absolute atomic E-state index is 0.147. The molecule has 4 rings (SSSR count). The molecule has 0 unspecified atom stereocenters. The van der Waals surface area contributed by atoms with Gasteiger partial charge in [-0.25, -0.2) is 9.97 Å². The maximum absolute atomic E-state index is 8.96. The van der Waals surface area contributed by atoms with E-state index in [1.165, 1.54) is 0 Å². The summed E-state index contributed by atoms with van der Waals surface area (Å²) in [7, 11) is 0. The number of aliphatic hydroxyl groups excluding tert-OH is 2. The van der Waals surface area contributed by atoms with Crippen LogP contribution >= 0.6 is 23.5 Å². The van der Waals surface area contributed by atoms with Crippen LogP contribution in [0, 0.1) is 0 Å². The summed E-state index contributed by atoms with van der Waals surface area (Å²) in [6.45, 7) is 1.51. The highest BCUT2D eigenvalue weighted by Gasteiger charge is 2.08. The Balaban J connectivity index is 0.000000161. The molecular weight excluding hydrogens is 392 g/mol. The first kappa shape index (κ1) is 20.7. The van der Waals surface area contributed by atoms with E-state index in [1.807, 2.05) is 70.2 Å². The van der Waals surface area contributed by atoms with Crippen molar-refractivity contribution in [1.82, 2.24) is 19.1 Å². The van der Waals surface area contributed by atoms with Crippen LogP contribution in [0.4, 0.5) is 0 Å². The van der Waals surface area contributed by atoms with Crippen LogP contribution in [0.15, 0.2) is 58.8 Å². The van der Waals surface area contributed by atoms with E-state index in [9.17, 15) is 0 Å². The molecule has 0 aliphatic rings. The molecule has 0 atom stereocenters. The van der Waals surface area contributed by atoms with Crippen LogP contribution in [0.25, 0.3) is 22.1 Å². The number of aliphatic hydroxyl groups is 2. The van der Waals surface area contributed by atoms with Gasteiger partial charge in [-0.2, -0.15) is 0 Å². The molecular formula is C20H24N4O2S2. The Morgan fingerprint density at radius 1 is 0.714 bits per heavy atom. The molecule has 8 heteroatoms. The Labute approximate surface area is 172 Å². The van der Waals surface area contributed by atoms with Gasteiger partial charge in [-0.15, -0.1) is 0 Å². The Morgan fingerprint density at radius 3 is 1.46 bits per heavy atom. The monoisotopic (exact) mass is 416 g/mol. The molecule has 0 aliphatic heterocycles. The number of imidazole rings is 2. The zero-order valence-corrected chi connectivity index (χ0v) is 17.6. The van der Waals surface area contributed by atoms with Gasteiger partial charge in [0.25, 0.3) is 0 Å². The van der Waals surface area contributed by atoms with Crippen molar-refractivity contribution < 1.29 is 10.2 Å². The molecule has 6 nitrogen and oxygen atoms in total. The fraction of sp³-hybridized carbons (Fsp3) is 0.300. The molecule has 148 valence electrons. The number of thioether (sulfide) groups is 2. The predicted octanol–water partition coefficient (Wildman–Crippen LogP) is 3.50. The largest absolute Gasteiger partial charge is 0.395 e. The van der Waals surface area contributed by atoms with Gasteiger partial charge in [-0.05, 0) is 36.8 Å². The van der Waals surface area contributed by atoms with Crippen LogP contribution in [-0.2, 0) is 13.1 Å². The van der Waals surface area contributed by atoms with Crippen LogP contribution in [0.2, 0.25) is 0 Å². The second-order valence-corrected chi connectivity index (χ2v) is 7.47. The zero-order chi connectivity index (χ0) is 19.9. The van der Waals surface area contributed by atoms with Crippen molar-refractivity contribution in [3.05, 3.63) is 48.5 Å². The third-order valence-corrected chi connectivity index (χ3v) is 5.61. The number of para-hydroxylation sites is 4. The molecule has 2 aromatic heterocycles. The summed E-state index contributed by atoms with van der Waals surface area (Å²) in [5, 5.41) is 19.8. The summed E-state index contributed by atoms with van der Waals surface area (Å²) in [5.74, 6) is 0. The molecule has 4 aromatic rings. The second kappa shape index (κ2) is 9.97. The maximum Gasteiger partial charge on any atom is 0.168 e. The number of benzene rings is 2. The summed E-state index contributed by atoms with van der Waals surface area (Å²) in [6, 6.07) is 16.0. The summed E-state index contributed by atoms with van der Waals surface area (Å²) in [4.78, 5) is 8.93. The third-order valence-electron chi connectivity index (χ3n) is 4.25. The summed E-state index contributed by atoms with van der Waals surface area (Å²) in [6.07, 6.45) is 3.99. The molecule has 0 fully saturated rings. The van der Waals surface area contributed by atoms with Crippen LogP contribution in [0.1, 0.15) is 0 Å². The van der Waals surface area contributed by atoms with E-state index in [-0.39, 0.29) is 13.2 Å². The molecule has 0 aliphatic carbocycles. The molecule has 2 aromatic carbocycles. The van der Waals surface area contributed by atoms with E-state index >= 15 is 0 Å². The number of nitrogens with zero attached hydrogens (tertiary/aromatic N) is 4. The van der Waals surface area contributed by atoms with Gasteiger partial charge in [0.15, 0.2) is 10.3 Å². The van der Waals surface area contributed by atoms with E-state index < -0.39 is 0 Å². The molecule has 0 spiro atoms. The maximum atomic E-state index is 8.96. The van der Waals surface area contributed by atoms with E-state index in [0.717, 1.165) is 32.4 Å². The summed E-state index contributed by atoms with van der Waals surface area (Å²) >= 11 is 3.20. The number of hydrogen-bond donors (Lipinski definition) is 2. The van der Waals surface area contributed by atoms with Gasteiger partial charge in [0.2, 0.25) is 0 Å². The van der Waals surface area contributed by atoms with Gasteiger partial charge < -0.3 is 19.3 Å². The third kappa shape index (κ3) is 4.35. The first-order valence-electron chi connectivity index (χ1n) is 8.93. The van der Waals surface area contributed by atoms with Crippen molar-refractivity contribution in [2.75, 3.05) is 25.7 Å². The molecule has 2 heterocycles. The number of hydrogen-bond acceptors (Lipinski definition) is 6. The number of rotatable bonds is 6. The molecule has 28 heavy (non-hydrogen) atoms. The normalized spacial score (nSPS) is 11.0. The van der Waals surface area contributed by atoms with Gasteiger partial charge in [-0.3, -0.25) is 0 Å². The van der Waals surface area contributed by atoms with Crippen molar-refractivity contribution in [3.8, 4) is 0 Å². The molecule has 0 amide bonds. The molecule has 0 saturated heterocycles. The van der Waals surface area contributed by atoms with E-state index in [2.05, 4.69) is 9.97 Å². The van der Waals surface area contributed by atoms with Gasteiger partial charge in [0, 0.05) is 13.1 Å². The number of fused-ring (bicyclic) bond motifs is 2. The highest BCUT2D eigenvalue weighted by atomic mass is 32.2. The summed E-state index contributed by atoms with van der Waals surface area (Å²) in [5.41, 5.74) is 4.16. The van der Waals surface area contributed by atoms with E-state index in [4.69, 9.17) is 10.2 Å². The highest BCUT2D eigenvalue weighted by molar-refractivity contribution is 7.98. The first-order valence-corrected chi connectivity index (χ1v) is 11.4. The highest BCUT2D eigenvalue weighted by Crippen LogP contribution is 2.22. The smallest absolute Gasteiger partial charge is 0.168 e. The summed E-state index contributed by atoms with van der Waals surface area (Å²) < 4.78 is 4.08. The average Bonchev–Trinajstić information content (AvgIpc) is 3.27. The second-order valence-electron chi connectivity index (χ2n) is 5.92. The molecule has 2 N–H and O–H groups in total. The van der Waals surface area contributed by atoms with Crippen LogP contribution in [0.5, 0.6) is 0 Å².